The maximum absolute atomic E-state index is 11.3. The number of hydrogen-bond donors (Lipinski definition) is 1. The van der Waals surface area contributed by atoms with Gasteiger partial charge in [0.05, 0.1) is 13.2 Å². The maximum atomic E-state index is 11.3. The summed E-state index contributed by atoms with van der Waals surface area (Å²) in [7, 11) is -3.63. The Morgan fingerprint density at radius 1 is 1.43 bits per heavy atom. The van der Waals surface area contributed by atoms with Crippen molar-refractivity contribution in [3.05, 3.63) is 18.3 Å². The van der Waals surface area contributed by atoms with E-state index in [1.165, 1.54) is 12.3 Å². The van der Waals surface area contributed by atoms with Crippen molar-refractivity contribution < 1.29 is 17.3 Å². The van der Waals surface area contributed by atoms with Crippen molar-refractivity contribution in [2.75, 3.05) is 19.8 Å². The first-order chi connectivity index (χ1) is 6.67. The number of ether oxygens (including phenoxy) is 1. The largest absolute Gasteiger partial charge is 0.379 e. The molecule has 0 bridgehead atoms. The summed E-state index contributed by atoms with van der Waals surface area (Å²) in [6.07, 6.45) is 1.53. The first kappa shape index (κ1) is 11.2. The number of H-pyrrole nitrogens is 1. The molecule has 6 heteroatoms. The molecular weight excluding hydrogens is 206 g/mol. The van der Waals surface area contributed by atoms with Crippen molar-refractivity contribution in [1.82, 2.24) is 4.98 Å². The molecule has 0 amide bonds. The molecule has 0 aliphatic heterocycles. The normalized spacial score (nSPS) is 11.8. The van der Waals surface area contributed by atoms with E-state index in [2.05, 4.69) is 4.98 Å². The van der Waals surface area contributed by atoms with Crippen molar-refractivity contribution in [3.63, 3.8) is 0 Å². The first-order valence-corrected chi connectivity index (χ1v) is 5.68. The quantitative estimate of drug-likeness (QED) is 0.566. The van der Waals surface area contributed by atoms with Gasteiger partial charge in [-0.3, -0.25) is 4.18 Å². The highest BCUT2D eigenvalue weighted by molar-refractivity contribution is 7.86. The lowest BCUT2D eigenvalue weighted by atomic mass is 10.7. The van der Waals surface area contributed by atoms with Gasteiger partial charge in [0, 0.05) is 12.8 Å². The summed E-state index contributed by atoms with van der Waals surface area (Å²) in [5.74, 6) is 0. The standard InChI is InChI=1S/C8H13NO4S/c1-2-12-6-7-13-14(10,11)8-4-3-5-9-8/h3-5,9H,2,6-7H2,1H3. The maximum Gasteiger partial charge on any atom is 0.312 e. The summed E-state index contributed by atoms with van der Waals surface area (Å²) in [5, 5.41) is 0.0639. The van der Waals surface area contributed by atoms with E-state index in [9.17, 15) is 8.42 Å². The fraction of sp³-hybridized carbons (Fsp3) is 0.500. The zero-order chi connectivity index (χ0) is 10.4. The lowest BCUT2D eigenvalue weighted by Gasteiger charge is -2.03. The third-order valence-electron chi connectivity index (χ3n) is 1.51. The second kappa shape index (κ2) is 5.14. The molecule has 0 fully saturated rings. The number of rotatable bonds is 6. The van der Waals surface area contributed by atoms with E-state index in [-0.39, 0.29) is 18.2 Å². The first-order valence-electron chi connectivity index (χ1n) is 4.27. The summed E-state index contributed by atoms with van der Waals surface area (Å²) >= 11 is 0. The van der Waals surface area contributed by atoms with Gasteiger partial charge in [0.25, 0.3) is 0 Å². The van der Waals surface area contributed by atoms with Gasteiger partial charge in [0.1, 0.15) is 0 Å². The second-order valence-corrected chi connectivity index (χ2v) is 4.09. The highest BCUT2D eigenvalue weighted by Crippen LogP contribution is 2.07. The summed E-state index contributed by atoms with van der Waals surface area (Å²) in [6.45, 7) is 2.69. The van der Waals surface area contributed by atoms with Crippen LogP contribution < -0.4 is 0 Å². The van der Waals surface area contributed by atoms with E-state index in [1.54, 1.807) is 6.07 Å². The van der Waals surface area contributed by atoms with Crippen LogP contribution in [-0.4, -0.2) is 33.2 Å². The predicted octanol–water partition coefficient (Wildman–Crippen LogP) is 0.757. The zero-order valence-corrected chi connectivity index (χ0v) is 8.71. The van der Waals surface area contributed by atoms with Gasteiger partial charge in [0.2, 0.25) is 0 Å². The predicted molar refractivity (Wildman–Crippen MR) is 50.4 cm³/mol. The minimum absolute atomic E-state index is 0.0369. The molecule has 0 atom stereocenters. The van der Waals surface area contributed by atoms with E-state index in [1.807, 2.05) is 6.92 Å². The van der Waals surface area contributed by atoms with Crippen LogP contribution in [-0.2, 0) is 19.0 Å². The molecule has 80 valence electrons. The van der Waals surface area contributed by atoms with E-state index >= 15 is 0 Å². The number of aromatic amines is 1. The summed E-state index contributed by atoms with van der Waals surface area (Å²) in [5.41, 5.74) is 0. The van der Waals surface area contributed by atoms with Gasteiger partial charge in [-0.15, -0.1) is 0 Å². The Kier molecular flexibility index (Phi) is 4.12. The van der Waals surface area contributed by atoms with Crippen LogP contribution in [0.1, 0.15) is 6.92 Å². The fourth-order valence-corrected chi connectivity index (χ4v) is 1.75. The smallest absolute Gasteiger partial charge is 0.312 e. The Balaban J connectivity index is 2.44. The molecule has 0 saturated carbocycles. The van der Waals surface area contributed by atoms with Gasteiger partial charge >= 0.3 is 10.1 Å². The highest BCUT2D eigenvalue weighted by Gasteiger charge is 2.14. The van der Waals surface area contributed by atoms with Crippen LogP contribution in [0.5, 0.6) is 0 Å². The Morgan fingerprint density at radius 3 is 2.79 bits per heavy atom. The monoisotopic (exact) mass is 219 g/mol. The van der Waals surface area contributed by atoms with Crippen LogP contribution >= 0.6 is 0 Å². The van der Waals surface area contributed by atoms with E-state index in [0.29, 0.717) is 6.61 Å². The average molecular weight is 219 g/mol. The van der Waals surface area contributed by atoms with Crippen LogP contribution in [0.25, 0.3) is 0 Å². The minimum Gasteiger partial charge on any atom is -0.379 e. The molecule has 0 aliphatic rings. The van der Waals surface area contributed by atoms with Crippen molar-refractivity contribution in [3.8, 4) is 0 Å². The van der Waals surface area contributed by atoms with Crippen molar-refractivity contribution in [1.29, 1.82) is 0 Å². The Labute approximate surface area is 83.2 Å². The van der Waals surface area contributed by atoms with Crippen molar-refractivity contribution in [2.24, 2.45) is 0 Å². The lowest BCUT2D eigenvalue weighted by molar-refractivity contribution is 0.112. The summed E-state index contributed by atoms with van der Waals surface area (Å²) in [6, 6.07) is 3.04. The number of hydrogen-bond acceptors (Lipinski definition) is 4. The summed E-state index contributed by atoms with van der Waals surface area (Å²) < 4.78 is 32.3. The Morgan fingerprint density at radius 2 is 2.21 bits per heavy atom. The molecular formula is C8H13NO4S. The zero-order valence-electron chi connectivity index (χ0n) is 7.89. The molecule has 0 aliphatic carbocycles. The van der Waals surface area contributed by atoms with Crippen LogP contribution in [0.4, 0.5) is 0 Å². The summed E-state index contributed by atoms with van der Waals surface area (Å²) in [4.78, 5) is 2.56. The molecule has 0 unspecified atom stereocenters. The fourth-order valence-electron chi connectivity index (χ4n) is 0.880. The van der Waals surface area contributed by atoms with Crippen LogP contribution in [0.15, 0.2) is 23.4 Å². The van der Waals surface area contributed by atoms with Gasteiger partial charge in [-0.05, 0) is 19.1 Å². The Bertz CT molecular complexity index is 343. The molecule has 1 rings (SSSR count). The van der Waals surface area contributed by atoms with Gasteiger partial charge in [0.15, 0.2) is 5.03 Å². The highest BCUT2D eigenvalue weighted by atomic mass is 32.2. The van der Waals surface area contributed by atoms with Crippen molar-refractivity contribution in [2.45, 2.75) is 11.9 Å². The molecule has 5 nitrogen and oxygen atoms in total. The van der Waals surface area contributed by atoms with Gasteiger partial charge in [-0.25, -0.2) is 0 Å². The molecule has 0 saturated heterocycles. The van der Waals surface area contributed by atoms with Gasteiger partial charge < -0.3 is 9.72 Å². The van der Waals surface area contributed by atoms with Gasteiger partial charge in [-0.2, -0.15) is 8.42 Å². The van der Waals surface area contributed by atoms with Gasteiger partial charge in [-0.1, -0.05) is 0 Å². The lowest BCUT2D eigenvalue weighted by Crippen LogP contribution is -2.11. The molecule has 1 aromatic rings. The number of aromatic nitrogens is 1. The SMILES string of the molecule is CCOCCOS(=O)(=O)c1ccc[nH]1. The average Bonchev–Trinajstić information content (AvgIpc) is 2.65. The molecule has 0 radical (unpaired) electrons. The third-order valence-corrected chi connectivity index (χ3v) is 2.78. The third kappa shape index (κ3) is 3.13. The topological polar surface area (TPSA) is 68.4 Å². The molecule has 14 heavy (non-hydrogen) atoms. The molecule has 1 aromatic heterocycles. The van der Waals surface area contributed by atoms with E-state index in [4.69, 9.17) is 8.92 Å². The molecule has 1 N–H and O–H groups in total. The Hall–Kier alpha value is -0.850. The van der Waals surface area contributed by atoms with Crippen LogP contribution in [0.3, 0.4) is 0 Å². The van der Waals surface area contributed by atoms with Crippen molar-refractivity contribution >= 4 is 10.1 Å². The molecule has 0 aromatic carbocycles. The molecule has 0 spiro atoms. The second-order valence-electron chi connectivity index (χ2n) is 2.51. The van der Waals surface area contributed by atoms with Crippen LogP contribution in [0, 0.1) is 0 Å². The number of nitrogens with one attached hydrogen (secondary N) is 1. The van der Waals surface area contributed by atoms with E-state index in [0.717, 1.165) is 0 Å². The molecule has 1 heterocycles. The van der Waals surface area contributed by atoms with E-state index < -0.39 is 10.1 Å². The van der Waals surface area contributed by atoms with Crippen LogP contribution in [0.2, 0.25) is 0 Å². The minimum atomic E-state index is -3.63.